The lowest BCUT2D eigenvalue weighted by atomic mass is 10.2. The summed E-state index contributed by atoms with van der Waals surface area (Å²) in [5, 5.41) is 2.74. The van der Waals surface area contributed by atoms with E-state index in [-0.39, 0.29) is 5.91 Å². The van der Waals surface area contributed by atoms with Gasteiger partial charge in [0.25, 0.3) is 0 Å². The molecule has 0 radical (unpaired) electrons. The van der Waals surface area contributed by atoms with Crippen LogP contribution in [0.4, 0.5) is 5.69 Å². The second kappa shape index (κ2) is 8.42. The summed E-state index contributed by atoms with van der Waals surface area (Å²) >= 11 is 0. The van der Waals surface area contributed by atoms with Crippen LogP contribution < -0.4 is 10.1 Å². The zero-order valence-corrected chi connectivity index (χ0v) is 13.6. The van der Waals surface area contributed by atoms with Gasteiger partial charge in [-0.2, -0.15) is 0 Å². The number of carbonyl (C=O) groups is 1. The van der Waals surface area contributed by atoms with Crippen molar-refractivity contribution in [3.05, 3.63) is 23.8 Å². The lowest BCUT2D eigenvalue weighted by molar-refractivity contribution is -0.119. The maximum atomic E-state index is 11.3. The molecule has 1 rings (SSSR count). The van der Waals surface area contributed by atoms with Gasteiger partial charge in [-0.1, -0.05) is 6.92 Å². The van der Waals surface area contributed by atoms with E-state index < -0.39 is 0 Å². The molecule has 0 saturated heterocycles. The van der Waals surface area contributed by atoms with Gasteiger partial charge >= 0.3 is 0 Å². The number of nitrogens with one attached hydrogen (secondary N) is 1. The minimum absolute atomic E-state index is 0.0301. The average molecular weight is 291 g/mol. The van der Waals surface area contributed by atoms with Crippen LogP contribution in [0, 0.1) is 6.92 Å². The summed E-state index contributed by atoms with van der Waals surface area (Å²) in [5.74, 6) is 1.41. The van der Waals surface area contributed by atoms with Gasteiger partial charge in [0.2, 0.25) is 5.91 Å². The molecule has 21 heavy (non-hydrogen) atoms. The molecule has 0 aliphatic carbocycles. The normalized spacial score (nSPS) is 11.6. The molecule has 0 aliphatic heterocycles. The highest BCUT2D eigenvalue weighted by Crippen LogP contribution is 2.23. The SMILES string of the molecule is CCC(=O)N/C(C)=N/c1ccc(OCCN(C)C)cc1C. The Balaban J connectivity index is 2.69. The van der Waals surface area contributed by atoms with E-state index >= 15 is 0 Å². The van der Waals surface area contributed by atoms with Crippen LogP contribution >= 0.6 is 0 Å². The van der Waals surface area contributed by atoms with Gasteiger partial charge in [-0.05, 0) is 51.7 Å². The Kier molecular flexibility index (Phi) is 6.88. The van der Waals surface area contributed by atoms with Crippen LogP contribution in [-0.4, -0.2) is 43.9 Å². The Hall–Kier alpha value is -1.88. The number of aryl methyl sites for hydroxylation is 1. The summed E-state index contributed by atoms with van der Waals surface area (Å²) in [6.45, 7) is 7.11. The molecule has 1 amide bonds. The molecule has 0 saturated carbocycles. The summed E-state index contributed by atoms with van der Waals surface area (Å²) in [6.07, 6.45) is 0.449. The minimum Gasteiger partial charge on any atom is -0.492 e. The Bertz CT molecular complexity index is 510. The fourth-order valence-electron chi connectivity index (χ4n) is 1.69. The van der Waals surface area contributed by atoms with Gasteiger partial charge in [0.1, 0.15) is 18.2 Å². The third kappa shape index (κ3) is 6.40. The van der Waals surface area contributed by atoms with Crippen molar-refractivity contribution in [1.29, 1.82) is 0 Å². The number of aliphatic imine (C=N–C) groups is 1. The van der Waals surface area contributed by atoms with E-state index in [9.17, 15) is 4.79 Å². The number of hydrogen-bond donors (Lipinski definition) is 1. The second-order valence-electron chi connectivity index (χ2n) is 5.20. The lowest BCUT2D eigenvalue weighted by Crippen LogP contribution is -2.27. The molecule has 5 heteroatoms. The van der Waals surface area contributed by atoms with Gasteiger partial charge in [-0.15, -0.1) is 0 Å². The number of amides is 1. The van der Waals surface area contributed by atoms with E-state index in [0.29, 0.717) is 18.9 Å². The molecule has 1 aromatic carbocycles. The van der Waals surface area contributed by atoms with Crippen molar-refractivity contribution in [2.24, 2.45) is 4.99 Å². The molecule has 1 aromatic rings. The third-order valence-corrected chi connectivity index (χ3v) is 2.91. The van der Waals surface area contributed by atoms with Crippen LogP contribution in [0.3, 0.4) is 0 Å². The number of likely N-dealkylation sites (N-methyl/N-ethyl adjacent to an activating group) is 1. The van der Waals surface area contributed by atoms with Gasteiger partial charge in [0, 0.05) is 13.0 Å². The molecular formula is C16H25N3O2. The maximum absolute atomic E-state index is 11.3. The molecule has 0 fully saturated rings. The largest absolute Gasteiger partial charge is 0.492 e. The molecular weight excluding hydrogens is 266 g/mol. The molecule has 0 aliphatic rings. The fraction of sp³-hybridized carbons (Fsp3) is 0.500. The molecule has 1 N–H and O–H groups in total. The first-order valence-corrected chi connectivity index (χ1v) is 7.15. The Morgan fingerprint density at radius 3 is 2.67 bits per heavy atom. The molecule has 0 atom stereocenters. The first-order valence-electron chi connectivity index (χ1n) is 7.15. The van der Waals surface area contributed by atoms with Crippen molar-refractivity contribution in [2.45, 2.75) is 27.2 Å². The number of ether oxygens (including phenoxy) is 1. The smallest absolute Gasteiger partial charge is 0.224 e. The van der Waals surface area contributed by atoms with E-state index in [1.165, 1.54) is 0 Å². The van der Waals surface area contributed by atoms with Crippen LogP contribution in [0.15, 0.2) is 23.2 Å². The molecule has 116 valence electrons. The summed E-state index contributed by atoms with van der Waals surface area (Å²) in [5.41, 5.74) is 1.85. The number of hydrogen-bond acceptors (Lipinski definition) is 4. The van der Waals surface area contributed by atoms with Gasteiger partial charge < -0.3 is 15.0 Å². The lowest BCUT2D eigenvalue weighted by Gasteiger charge is -2.12. The standard InChI is InChI=1S/C16H25N3O2/c1-6-16(20)18-13(3)17-15-8-7-14(11-12(15)2)21-10-9-19(4)5/h7-8,11H,6,9-10H2,1-5H3,(H,17,18,20). The van der Waals surface area contributed by atoms with Crippen molar-refractivity contribution < 1.29 is 9.53 Å². The Morgan fingerprint density at radius 1 is 1.38 bits per heavy atom. The third-order valence-electron chi connectivity index (χ3n) is 2.91. The van der Waals surface area contributed by atoms with Crippen LogP contribution in [0.1, 0.15) is 25.8 Å². The van der Waals surface area contributed by atoms with Gasteiger partial charge in [0.05, 0.1) is 5.69 Å². The molecule has 0 aromatic heterocycles. The molecule has 0 bridgehead atoms. The first kappa shape index (κ1) is 17.2. The van der Waals surface area contributed by atoms with Gasteiger partial charge in [0.15, 0.2) is 0 Å². The van der Waals surface area contributed by atoms with E-state index in [2.05, 4.69) is 15.2 Å². The monoisotopic (exact) mass is 291 g/mol. The zero-order valence-electron chi connectivity index (χ0n) is 13.6. The maximum Gasteiger partial charge on any atom is 0.224 e. The average Bonchev–Trinajstić information content (AvgIpc) is 2.41. The summed E-state index contributed by atoms with van der Waals surface area (Å²) in [4.78, 5) is 17.8. The highest BCUT2D eigenvalue weighted by molar-refractivity contribution is 5.97. The fourth-order valence-corrected chi connectivity index (χ4v) is 1.69. The predicted molar refractivity (Wildman–Crippen MR) is 86.4 cm³/mol. The van der Waals surface area contributed by atoms with E-state index in [1.54, 1.807) is 6.92 Å². The predicted octanol–water partition coefficient (Wildman–Crippen LogP) is 2.51. The zero-order chi connectivity index (χ0) is 15.8. The van der Waals surface area contributed by atoms with Crippen LogP contribution in [-0.2, 0) is 4.79 Å². The number of rotatable bonds is 6. The summed E-state index contributed by atoms with van der Waals surface area (Å²) in [7, 11) is 4.03. The van der Waals surface area contributed by atoms with E-state index in [4.69, 9.17) is 4.74 Å². The minimum atomic E-state index is -0.0301. The van der Waals surface area contributed by atoms with Crippen LogP contribution in [0.2, 0.25) is 0 Å². The molecule has 0 unspecified atom stereocenters. The molecule has 0 heterocycles. The van der Waals surface area contributed by atoms with Crippen LogP contribution in [0.5, 0.6) is 5.75 Å². The van der Waals surface area contributed by atoms with Gasteiger partial charge in [-0.25, -0.2) is 4.99 Å². The van der Waals surface area contributed by atoms with E-state index in [0.717, 1.165) is 23.5 Å². The number of nitrogens with zero attached hydrogens (tertiary/aromatic N) is 2. The summed E-state index contributed by atoms with van der Waals surface area (Å²) in [6, 6.07) is 5.77. The first-order chi connectivity index (χ1) is 9.92. The topological polar surface area (TPSA) is 53.9 Å². The number of benzene rings is 1. The quantitative estimate of drug-likeness (QED) is 0.647. The van der Waals surface area contributed by atoms with Crippen molar-refractivity contribution in [3.8, 4) is 5.75 Å². The molecule has 5 nitrogen and oxygen atoms in total. The second-order valence-corrected chi connectivity index (χ2v) is 5.20. The van der Waals surface area contributed by atoms with E-state index in [1.807, 2.05) is 46.1 Å². The molecule has 0 spiro atoms. The van der Waals surface area contributed by atoms with Crippen molar-refractivity contribution in [1.82, 2.24) is 10.2 Å². The van der Waals surface area contributed by atoms with Crippen molar-refractivity contribution >= 4 is 17.4 Å². The number of carbonyl (C=O) groups excluding carboxylic acids is 1. The Labute approximate surface area is 127 Å². The van der Waals surface area contributed by atoms with Gasteiger partial charge in [-0.3, -0.25) is 4.79 Å². The number of amidine groups is 1. The summed E-state index contributed by atoms with van der Waals surface area (Å²) < 4.78 is 5.68. The Morgan fingerprint density at radius 2 is 2.10 bits per heavy atom. The van der Waals surface area contributed by atoms with Crippen molar-refractivity contribution in [2.75, 3.05) is 27.2 Å². The van der Waals surface area contributed by atoms with Crippen molar-refractivity contribution in [3.63, 3.8) is 0 Å². The highest BCUT2D eigenvalue weighted by Gasteiger charge is 2.03. The van der Waals surface area contributed by atoms with Crippen LogP contribution in [0.25, 0.3) is 0 Å². The highest BCUT2D eigenvalue weighted by atomic mass is 16.5.